The smallest absolute Gasteiger partial charge is 0.262 e. The Morgan fingerprint density at radius 2 is 2.00 bits per heavy atom. The first-order chi connectivity index (χ1) is 8.11. The highest BCUT2D eigenvalue weighted by molar-refractivity contribution is 5.88. The van der Waals surface area contributed by atoms with Crippen LogP contribution < -0.4 is 0 Å². The summed E-state index contributed by atoms with van der Waals surface area (Å²) in [5.74, 6) is 0.250. The standard InChI is InChI=1S/C13H18FNO2/c14-12(5-6-12)11(16)15-8-9-3-4-13(15,7-9)17-10-1-2-10/h9-10H,1-8H2. The fraction of sp³-hybridized carbons (Fsp3) is 0.923. The van der Waals surface area contributed by atoms with E-state index in [1.54, 1.807) is 4.90 Å². The monoisotopic (exact) mass is 239 g/mol. The van der Waals surface area contributed by atoms with Crippen LogP contribution in [0.25, 0.3) is 0 Å². The maximum absolute atomic E-state index is 13.9. The minimum Gasteiger partial charge on any atom is -0.352 e. The molecular weight excluding hydrogens is 221 g/mol. The van der Waals surface area contributed by atoms with Crippen molar-refractivity contribution in [3.8, 4) is 0 Å². The van der Waals surface area contributed by atoms with Gasteiger partial charge in [0, 0.05) is 6.54 Å². The molecule has 4 aliphatic rings. The zero-order valence-electron chi connectivity index (χ0n) is 9.95. The van der Waals surface area contributed by atoms with Gasteiger partial charge in [0.1, 0.15) is 5.72 Å². The highest BCUT2D eigenvalue weighted by atomic mass is 19.1. The molecule has 1 heterocycles. The lowest BCUT2D eigenvalue weighted by atomic mass is 10.1. The number of amides is 1. The molecule has 4 fully saturated rings. The quantitative estimate of drug-likeness (QED) is 0.754. The molecule has 0 N–H and O–H groups in total. The number of likely N-dealkylation sites (tertiary alicyclic amines) is 1. The van der Waals surface area contributed by atoms with Crippen LogP contribution in [0.4, 0.5) is 4.39 Å². The second kappa shape index (κ2) is 3.02. The molecule has 1 saturated heterocycles. The molecule has 4 rings (SSSR count). The summed E-state index contributed by atoms with van der Waals surface area (Å²) in [5.41, 5.74) is -1.96. The number of hydrogen-bond donors (Lipinski definition) is 0. The highest BCUT2D eigenvalue weighted by Gasteiger charge is 2.62. The molecule has 2 atom stereocenters. The van der Waals surface area contributed by atoms with Gasteiger partial charge in [0.2, 0.25) is 0 Å². The molecule has 0 radical (unpaired) electrons. The summed E-state index contributed by atoms with van der Waals surface area (Å²) < 4.78 is 20.0. The predicted octanol–water partition coefficient (Wildman–Crippen LogP) is 2.01. The van der Waals surface area contributed by atoms with Crippen molar-refractivity contribution in [1.29, 1.82) is 0 Å². The molecule has 3 aliphatic carbocycles. The fourth-order valence-electron chi connectivity index (χ4n) is 3.41. The number of hydrogen-bond acceptors (Lipinski definition) is 2. The molecule has 94 valence electrons. The van der Waals surface area contributed by atoms with E-state index in [0.717, 1.165) is 38.6 Å². The molecule has 2 unspecified atom stereocenters. The zero-order chi connectivity index (χ0) is 11.7. The van der Waals surface area contributed by atoms with Gasteiger partial charge in [-0.1, -0.05) is 0 Å². The van der Waals surface area contributed by atoms with Gasteiger partial charge in [0.05, 0.1) is 6.10 Å². The summed E-state index contributed by atoms with van der Waals surface area (Å²) in [4.78, 5) is 13.9. The number of alkyl halides is 1. The van der Waals surface area contributed by atoms with Crippen molar-refractivity contribution < 1.29 is 13.9 Å². The number of halogens is 1. The van der Waals surface area contributed by atoms with E-state index in [1.807, 2.05) is 0 Å². The van der Waals surface area contributed by atoms with E-state index < -0.39 is 11.4 Å². The molecular formula is C13H18FNO2. The average molecular weight is 239 g/mol. The Hall–Kier alpha value is -0.640. The van der Waals surface area contributed by atoms with Gasteiger partial charge >= 0.3 is 0 Å². The summed E-state index contributed by atoms with van der Waals surface area (Å²) in [5, 5.41) is 0. The Morgan fingerprint density at radius 3 is 2.59 bits per heavy atom. The van der Waals surface area contributed by atoms with Gasteiger partial charge in [0.25, 0.3) is 5.91 Å². The van der Waals surface area contributed by atoms with E-state index in [9.17, 15) is 9.18 Å². The summed E-state index contributed by atoms with van der Waals surface area (Å²) in [6, 6.07) is 0. The Bertz CT molecular complexity index is 378. The summed E-state index contributed by atoms with van der Waals surface area (Å²) >= 11 is 0. The van der Waals surface area contributed by atoms with E-state index in [2.05, 4.69) is 0 Å². The van der Waals surface area contributed by atoms with Crippen LogP contribution in [0.15, 0.2) is 0 Å². The predicted molar refractivity (Wildman–Crippen MR) is 59.0 cm³/mol. The lowest BCUT2D eigenvalue weighted by molar-refractivity contribution is -0.177. The number of rotatable bonds is 3. The third-order valence-electron chi connectivity index (χ3n) is 4.71. The molecule has 4 heteroatoms. The van der Waals surface area contributed by atoms with Gasteiger partial charge in [-0.3, -0.25) is 4.79 Å². The van der Waals surface area contributed by atoms with Crippen LogP contribution in [0.1, 0.15) is 44.9 Å². The Labute approximate surface area is 100 Å². The first-order valence-corrected chi connectivity index (χ1v) is 6.80. The van der Waals surface area contributed by atoms with Crippen molar-refractivity contribution in [2.45, 2.75) is 62.4 Å². The van der Waals surface area contributed by atoms with Crippen molar-refractivity contribution in [2.75, 3.05) is 6.54 Å². The second-order valence-electron chi connectivity index (χ2n) is 6.25. The Kier molecular flexibility index (Phi) is 1.83. The number of carbonyl (C=O) groups is 1. The van der Waals surface area contributed by atoms with Gasteiger partial charge in [-0.2, -0.15) is 0 Å². The summed E-state index contributed by atoms with van der Waals surface area (Å²) in [6.07, 6.45) is 6.34. The number of ether oxygens (including phenoxy) is 1. The van der Waals surface area contributed by atoms with Crippen LogP contribution in [0.3, 0.4) is 0 Å². The van der Waals surface area contributed by atoms with Gasteiger partial charge in [-0.15, -0.1) is 0 Å². The fourth-order valence-corrected chi connectivity index (χ4v) is 3.41. The minimum absolute atomic E-state index is 0.291. The minimum atomic E-state index is -1.54. The third-order valence-corrected chi connectivity index (χ3v) is 4.71. The third kappa shape index (κ3) is 1.46. The maximum Gasteiger partial charge on any atom is 0.262 e. The molecule has 1 amide bonds. The van der Waals surface area contributed by atoms with E-state index in [0.29, 0.717) is 24.9 Å². The van der Waals surface area contributed by atoms with Crippen molar-refractivity contribution in [1.82, 2.24) is 4.90 Å². The number of piperidine rings is 1. The zero-order valence-corrected chi connectivity index (χ0v) is 9.95. The molecule has 0 aromatic heterocycles. The molecule has 0 spiro atoms. The van der Waals surface area contributed by atoms with E-state index in [-0.39, 0.29) is 5.91 Å². The summed E-state index contributed by atoms with van der Waals surface area (Å²) in [7, 11) is 0. The van der Waals surface area contributed by atoms with E-state index in [4.69, 9.17) is 4.74 Å². The number of nitrogens with zero attached hydrogens (tertiary/aromatic N) is 1. The summed E-state index contributed by atoms with van der Waals surface area (Å²) in [6.45, 7) is 0.719. The lowest BCUT2D eigenvalue weighted by Gasteiger charge is -2.39. The Morgan fingerprint density at radius 1 is 1.24 bits per heavy atom. The van der Waals surface area contributed by atoms with Crippen molar-refractivity contribution in [3.05, 3.63) is 0 Å². The topological polar surface area (TPSA) is 29.5 Å². The van der Waals surface area contributed by atoms with Gasteiger partial charge < -0.3 is 9.64 Å². The maximum atomic E-state index is 13.9. The highest BCUT2D eigenvalue weighted by Crippen LogP contribution is 2.53. The molecule has 2 bridgehead atoms. The largest absolute Gasteiger partial charge is 0.352 e. The molecule has 0 aromatic rings. The number of fused-ring (bicyclic) bond motifs is 2. The van der Waals surface area contributed by atoms with Gasteiger partial charge in [0.15, 0.2) is 5.67 Å². The van der Waals surface area contributed by atoms with Crippen LogP contribution >= 0.6 is 0 Å². The first kappa shape index (κ1) is 10.3. The SMILES string of the molecule is O=C(N1CC2CCC1(OC1CC1)C2)C1(F)CC1. The molecule has 0 aromatic carbocycles. The molecule has 3 nitrogen and oxygen atoms in total. The van der Waals surface area contributed by atoms with E-state index >= 15 is 0 Å². The molecule has 17 heavy (non-hydrogen) atoms. The molecule has 1 aliphatic heterocycles. The Balaban J connectivity index is 1.59. The van der Waals surface area contributed by atoms with Gasteiger partial charge in [-0.25, -0.2) is 4.39 Å². The van der Waals surface area contributed by atoms with Gasteiger partial charge in [-0.05, 0) is 50.9 Å². The van der Waals surface area contributed by atoms with Crippen LogP contribution in [0.5, 0.6) is 0 Å². The second-order valence-corrected chi connectivity index (χ2v) is 6.25. The normalized spacial score (nSPS) is 41.9. The van der Waals surface area contributed by atoms with Crippen molar-refractivity contribution in [3.63, 3.8) is 0 Å². The number of carbonyl (C=O) groups excluding carboxylic acids is 1. The molecule has 3 saturated carbocycles. The van der Waals surface area contributed by atoms with Crippen LogP contribution in [-0.2, 0) is 9.53 Å². The van der Waals surface area contributed by atoms with Crippen molar-refractivity contribution >= 4 is 5.91 Å². The first-order valence-electron chi connectivity index (χ1n) is 6.80. The van der Waals surface area contributed by atoms with Crippen LogP contribution in [-0.4, -0.2) is 34.8 Å². The van der Waals surface area contributed by atoms with Crippen molar-refractivity contribution in [2.24, 2.45) is 5.92 Å². The average Bonchev–Trinajstić information content (AvgIpc) is 3.19. The van der Waals surface area contributed by atoms with E-state index in [1.165, 1.54) is 0 Å². The lowest BCUT2D eigenvalue weighted by Crippen LogP contribution is -2.53. The van der Waals surface area contributed by atoms with Crippen LogP contribution in [0, 0.1) is 5.92 Å². The van der Waals surface area contributed by atoms with Crippen LogP contribution in [0.2, 0.25) is 0 Å².